The zero-order chi connectivity index (χ0) is 21.4. The predicted octanol–water partition coefficient (Wildman–Crippen LogP) is 3.94. The summed E-state index contributed by atoms with van der Waals surface area (Å²) in [6, 6.07) is 7.61. The fourth-order valence-electron chi connectivity index (χ4n) is 3.45. The highest BCUT2D eigenvalue weighted by Gasteiger charge is 2.15. The number of hydrogen-bond donors (Lipinski definition) is 3. The number of rotatable bonds is 5. The molecule has 0 radical (unpaired) electrons. The van der Waals surface area contributed by atoms with Gasteiger partial charge >= 0.3 is 0 Å². The lowest BCUT2D eigenvalue weighted by molar-refractivity contribution is -0.116. The summed E-state index contributed by atoms with van der Waals surface area (Å²) in [6.45, 7) is 4.02. The van der Waals surface area contributed by atoms with Crippen molar-refractivity contribution in [2.75, 3.05) is 5.32 Å². The number of imidazole rings is 1. The fraction of sp³-hybridized carbons (Fsp3) is 0.182. The summed E-state index contributed by atoms with van der Waals surface area (Å²) in [5.41, 5.74) is 5.14. The summed E-state index contributed by atoms with van der Waals surface area (Å²) >= 11 is 0. The van der Waals surface area contributed by atoms with E-state index in [1.165, 1.54) is 0 Å². The van der Waals surface area contributed by atoms with Gasteiger partial charge in [0.15, 0.2) is 17.1 Å². The molecule has 9 nitrogen and oxygen atoms in total. The third-order valence-corrected chi connectivity index (χ3v) is 4.85. The highest BCUT2D eigenvalue weighted by molar-refractivity contribution is 5.94. The third-order valence-electron chi connectivity index (χ3n) is 4.85. The van der Waals surface area contributed by atoms with E-state index in [0.717, 1.165) is 22.0 Å². The van der Waals surface area contributed by atoms with E-state index >= 15 is 0 Å². The van der Waals surface area contributed by atoms with Gasteiger partial charge in [0, 0.05) is 36.1 Å². The molecule has 3 N–H and O–H groups in total. The monoisotopic (exact) mass is 412 g/mol. The van der Waals surface area contributed by atoms with Crippen LogP contribution in [0.1, 0.15) is 20.3 Å². The fourth-order valence-corrected chi connectivity index (χ4v) is 3.45. The van der Waals surface area contributed by atoms with E-state index < -0.39 is 0 Å². The molecule has 31 heavy (non-hydrogen) atoms. The van der Waals surface area contributed by atoms with E-state index in [0.29, 0.717) is 34.9 Å². The molecule has 0 aliphatic carbocycles. The molecule has 0 fully saturated rings. The van der Waals surface area contributed by atoms with Crippen LogP contribution in [0.4, 0.5) is 5.69 Å². The van der Waals surface area contributed by atoms with Crippen LogP contribution in [0.25, 0.3) is 44.8 Å². The minimum Gasteiger partial charge on any atom is -0.325 e. The SMILES string of the molecule is CC(C)CC(=O)Nc1cncc(-c2cnc3[nH]nc(-c4nc5cccnc5[nH]4)c3c2)c1. The van der Waals surface area contributed by atoms with E-state index in [2.05, 4.69) is 40.4 Å². The number of nitrogens with one attached hydrogen (secondary N) is 3. The third kappa shape index (κ3) is 3.73. The van der Waals surface area contributed by atoms with Crippen LogP contribution in [0.3, 0.4) is 0 Å². The number of H-pyrrole nitrogens is 2. The number of anilines is 1. The zero-order valence-electron chi connectivity index (χ0n) is 17.0. The van der Waals surface area contributed by atoms with Crippen LogP contribution in [-0.4, -0.2) is 41.0 Å². The van der Waals surface area contributed by atoms with E-state index in [1.54, 1.807) is 24.8 Å². The van der Waals surface area contributed by atoms with E-state index in [9.17, 15) is 4.79 Å². The van der Waals surface area contributed by atoms with Gasteiger partial charge in [-0.15, -0.1) is 0 Å². The quantitative estimate of drug-likeness (QED) is 0.401. The maximum absolute atomic E-state index is 12.1. The number of fused-ring (bicyclic) bond motifs is 2. The molecule has 5 heterocycles. The van der Waals surface area contributed by atoms with Crippen molar-refractivity contribution in [2.24, 2.45) is 5.92 Å². The van der Waals surface area contributed by atoms with Crippen molar-refractivity contribution in [3.05, 3.63) is 49.1 Å². The first-order valence-electron chi connectivity index (χ1n) is 9.97. The van der Waals surface area contributed by atoms with Gasteiger partial charge in [0.25, 0.3) is 0 Å². The number of carbonyl (C=O) groups excluding carboxylic acids is 1. The molecule has 0 aliphatic heterocycles. The lowest BCUT2D eigenvalue weighted by atomic mass is 10.1. The summed E-state index contributed by atoms with van der Waals surface area (Å²) in [7, 11) is 0. The molecule has 0 aromatic carbocycles. The first kappa shape index (κ1) is 18.9. The highest BCUT2D eigenvalue weighted by atomic mass is 16.1. The Balaban J connectivity index is 1.51. The number of aromatic nitrogens is 7. The van der Waals surface area contributed by atoms with Gasteiger partial charge in [-0.2, -0.15) is 5.10 Å². The number of aromatic amines is 2. The van der Waals surface area contributed by atoms with Crippen LogP contribution in [0.5, 0.6) is 0 Å². The molecule has 9 heteroatoms. The van der Waals surface area contributed by atoms with Crippen molar-refractivity contribution in [2.45, 2.75) is 20.3 Å². The van der Waals surface area contributed by atoms with Gasteiger partial charge in [0.1, 0.15) is 11.2 Å². The lowest BCUT2D eigenvalue weighted by Gasteiger charge is -2.08. The van der Waals surface area contributed by atoms with Crippen LogP contribution < -0.4 is 5.32 Å². The summed E-state index contributed by atoms with van der Waals surface area (Å²) in [4.78, 5) is 33.0. The Morgan fingerprint density at radius 1 is 1.10 bits per heavy atom. The van der Waals surface area contributed by atoms with Gasteiger partial charge < -0.3 is 10.3 Å². The zero-order valence-corrected chi connectivity index (χ0v) is 17.0. The van der Waals surface area contributed by atoms with E-state index in [-0.39, 0.29) is 11.8 Å². The van der Waals surface area contributed by atoms with Crippen LogP contribution >= 0.6 is 0 Å². The molecule has 5 aromatic rings. The minimum absolute atomic E-state index is 0.0295. The van der Waals surface area contributed by atoms with Crippen molar-refractivity contribution in [3.63, 3.8) is 0 Å². The van der Waals surface area contributed by atoms with Crippen molar-refractivity contribution in [1.82, 2.24) is 35.1 Å². The first-order chi connectivity index (χ1) is 15.1. The molecule has 0 spiro atoms. The average Bonchev–Trinajstić information content (AvgIpc) is 3.36. The van der Waals surface area contributed by atoms with E-state index in [1.807, 2.05) is 38.1 Å². The van der Waals surface area contributed by atoms with Gasteiger partial charge in [-0.1, -0.05) is 13.8 Å². The molecule has 0 bridgehead atoms. The molecule has 154 valence electrons. The van der Waals surface area contributed by atoms with Crippen LogP contribution in [0.2, 0.25) is 0 Å². The molecule has 1 amide bonds. The first-order valence-corrected chi connectivity index (χ1v) is 9.97. The topological polar surface area (TPSA) is 125 Å². The summed E-state index contributed by atoms with van der Waals surface area (Å²) < 4.78 is 0. The van der Waals surface area contributed by atoms with Crippen LogP contribution in [0.15, 0.2) is 49.1 Å². The van der Waals surface area contributed by atoms with Gasteiger partial charge in [-0.3, -0.25) is 14.9 Å². The van der Waals surface area contributed by atoms with Crippen LogP contribution in [-0.2, 0) is 4.79 Å². The summed E-state index contributed by atoms with van der Waals surface area (Å²) in [6.07, 6.45) is 7.31. The Bertz CT molecular complexity index is 1370. The van der Waals surface area contributed by atoms with Crippen molar-refractivity contribution in [3.8, 4) is 22.6 Å². The maximum Gasteiger partial charge on any atom is 0.224 e. The van der Waals surface area contributed by atoms with Crippen molar-refractivity contribution >= 4 is 33.8 Å². The lowest BCUT2D eigenvalue weighted by Crippen LogP contribution is -2.13. The number of pyridine rings is 3. The Hall–Kier alpha value is -4.14. The standard InChI is InChI=1S/C22H20N8O/c1-12(2)6-18(31)26-15-7-13(9-23-11-15)14-8-16-19(29-30-20(16)25-10-14)22-27-17-4-3-5-24-21(17)28-22/h3-5,7-12H,6H2,1-2H3,(H,26,31)(H,24,27,28)(H,25,29,30). The molecular weight excluding hydrogens is 392 g/mol. The van der Waals surface area contributed by atoms with E-state index in [4.69, 9.17) is 0 Å². The second kappa shape index (κ2) is 7.60. The maximum atomic E-state index is 12.1. The normalized spacial score (nSPS) is 11.5. The molecule has 0 unspecified atom stereocenters. The molecule has 0 atom stereocenters. The van der Waals surface area contributed by atoms with Crippen LogP contribution in [0, 0.1) is 5.92 Å². The Morgan fingerprint density at radius 3 is 2.81 bits per heavy atom. The second-order valence-corrected chi connectivity index (χ2v) is 7.76. The number of carbonyl (C=O) groups is 1. The Kier molecular flexibility index (Phi) is 4.62. The smallest absolute Gasteiger partial charge is 0.224 e. The molecule has 5 rings (SSSR count). The van der Waals surface area contributed by atoms with Gasteiger partial charge in [-0.05, 0) is 30.2 Å². The predicted molar refractivity (Wildman–Crippen MR) is 118 cm³/mol. The summed E-state index contributed by atoms with van der Waals surface area (Å²) in [5, 5.41) is 11.1. The molecule has 0 saturated heterocycles. The average molecular weight is 412 g/mol. The summed E-state index contributed by atoms with van der Waals surface area (Å²) in [5.74, 6) is 0.876. The Labute approximate surface area is 177 Å². The number of amides is 1. The van der Waals surface area contributed by atoms with Crippen molar-refractivity contribution in [1.29, 1.82) is 0 Å². The number of hydrogen-bond acceptors (Lipinski definition) is 6. The minimum atomic E-state index is -0.0295. The van der Waals surface area contributed by atoms with Gasteiger partial charge in [0.2, 0.25) is 5.91 Å². The molecule has 5 aromatic heterocycles. The molecule has 0 saturated carbocycles. The van der Waals surface area contributed by atoms with Gasteiger partial charge in [-0.25, -0.2) is 15.0 Å². The highest BCUT2D eigenvalue weighted by Crippen LogP contribution is 2.29. The molecule has 0 aliphatic rings. The van der Waals surface area contributed by atoms with Crippen molar-refractivity contribution < 1.29 is 4.79 Å². The Morgan fingerprint density at radius 2 is 1.97 bits per heavy atom. The van der Waals surface area contributed by atoms with Gasteiger partial charge in [0.05, 0.1) is 17.3 Å². The second-order valence-electron chi connectivity index (χ2n) is 7.76. The molecular formula is C22H20N8O. The largest absolute Gasteiger partial charge is 0.325 e. The number of nitrogens with zero attached hydrogens (tertiary/aromatic N) is 5.